The predicted molar refractivity (Wildman–Crippen MR) is 139 cm³/mol. The van der Waals surface area contributed by atoms with E-state index in [0.717, 1.165) is 26.4 Å². The summed E-state index contributed by atoms with van der Waals surface area (Å²) in [6, 6.07) is 0. The predicted octanol–water partition coefficient (Wildman–Crippen LogP) is 8.46. The van der Waals surface area contributed by atoms with E-state index in [4.69, 9.17) is 9.47 Å². The monoisotopic (exact) mass is 594 g/mol. The van der Waals surface area contributed by atoms with Gasteiger partial charge in [0, 0.05) is 26.4 Å². The molecule has 0 saturated carbocycles. The van der Waals surface area contributed by atoms with Crippen LogP contribution in [0.1, 0.15) is 93.9 Å². The molecule has 188 valence electrons. The van der Waals surface area contributed by atoms with E-state index < -0.39 is 36.3 Å². The fourth-order valence-corrected chi connectivity index (χ4v) is 9.04. The van der Waals surface area contributed by atoms with Crippen molar-refractivity contribution in [1.29, 1.82) is 0 Å². The Morgan fingerprint density at radius 3 is 1.21 bits per heavy atom. The van der Waals surface area contributed by atoms with Crippen molar-refractivity contribution in [3.05, 3.63) is 38.0 Å². The van der Waals surface area contributed by atoms with E-state index in [0.29, 0.717) is 22.7 Å². The van der Waals surface area contributed by atoms with Crippen molar-refractivity contribution in [2.24, 2.45) is 22.7 Å². The van der Waals surface area contributed by atoms with Gasteiger partial charge in [0.05, 0.1) is 0 Å². The van der Waals surface area contributed by atoms with Crippen molar-refractivity contribution in [1.82, 2.24) is 0 Å². The number of hydrogen-bond donors (Lipinski definition) is 0. The quantitative estimate of drug-likeness (QED) is 0.308. The molecule has 0 spiro atoms. The van der Waals surface area contributed by atoms with Gasteiger partial charge in [0.25, 0.3) is 0 Å². The van der Waals surface area contributed by atoms with Crippen LogP contribution < -0.4 is 0 Å². The molecular weight excluding hydrogens is 543 g/mol. The summed E-state index contributed by atoms with van der Waals surface area (Å²) in [7, 11) is 0. The summed E-state index contributed by atoms with van der Waals surface area (Å²) in [5.41, 5.74) is 3.95. The third kappa shape index (κ3) is 8.68. The Morgan fingerprint density at radius 2 is 0.970 bits per heavy atom. The zero-order valence-electron chi connectivity index (χ0n) is 22.8. The van der Waals surface area contributed by atoms with E-state index in [1.807, 2.05) is 2.58 Å². The summed E-state index contributed by atoms with van der Waals surface area (Å²) in [6.07, 6.45) is 17.2. The Labute approximate surface area is 225 Å². The maximum atomic E-state index is 4.94. The van der Waals surface area contributed by atoms with Crippen molar-refractivity contribution in [2.45, 2.75) is 93.9 Å². The molecule has 2 fully saturated rings. The van der Waals surface area contributed by atoms with Crippen molar-refractivity contribution >= 4 is 0 Å². The Kier molecular flexibility index (Phi) is 12.6. The van der Waals surface area contributed by atoms with Gasteiger partial charge in [0.15, 0.2) is 0 Å². The van der Waals surface area contributed by atoms with Crippen LogP contribution in [-0.2, 0) is 9.47 Å². The minimum absolute atomic E-state index is 0.308. The van der Waals surface area contributed by atoms with Crippen molar-refractivity contribution in [3.8, 4) is 0 Å². The first-order valence-corrected chi connectivity index (χ1v) is 15.8. The fourth-order valence-electron chi connectivity index (χ4n) is 4.11. The van der Waals surface area contributed by atoms with Crippen LogP contribution in [-0.4, -0.2) is 26.4 Å². The van der Waals surface area contributed by atoms with Gasteiger partial charge >= 0.3 is 165 Å². The second-order valence-corrected chi connectivity index (χ2v) is 15.2. The Balaban J connectivity index is 0.000000312. The molecule has 0 atom stereocenters. The van der Waals surface area contributed by atoms with E-state index in [9.17, 15) is 0 Å². The topological polar surface area (TPSA) is 18.5 Å². The summed E-state index contributed by atoms with van der Waals surface area (Å²) < 4.78 is 13.5. The number of allylic oxidation sites excluding steroid dienone is 8. The van der Waals surface area contributed by atoms with Gasteiger partial charge in [-0.25, -0.2) is 0 Å². The van der Waals surface area contributed by atoms with E-state index in [-0.39, 0.29) is 0 Å². The standard InChI is InChI=1S/2C11H17.2C4H8O.Sm/c2*1-9(2)11(3,4)10-7-5-6-8-10;2*1-2-4-5-3-1;/h2*5,7,9H,6H2,1-4H3;2*1-4H2;. The van der Waals surface area contributed by atoms with Crippen LogP contribution in [0.3, 0.4) is 0 Å². The van der Waals surface area contributed by atoms with Crippen LogP contribution in [0.15, 0.2) is 38.0 Å². The third-order valence-corrected chi connectivity index (χ3v) is 12.0. The van der Waals surface area contributed by atoms with Gasteiger partial charge in [-0.2, -0.15) is 0 Å². The molecule has 2 aliphatic carbocycles. The van der Waals surface area contributed by atoms with Gasteiger partial charge < -0.3 is 9.47 Å². The van der Waals surface area contributed by atoms with E-state index in [1.54, 1.807) is 11.1 Å². The number of ether oxygens (including phenoxy) is 2. The summed E-state index contributed by atoms with van der Waals surface area (Å²) in [5, 5.41) is 0. The molecule has 0 aromatic rings. The molecule has 0 radical (unpaired) electrons. The second kappa shape index (κ2) is 14.1. The van der Waals surface area contributed by atoms with Crippen LogP contribution in [0.5, 0.6) is 0 Å². The summed E-state index contributed by atoms with van der Waals surface area (Å²) in [5.74, 6) is 1.38. The Bertz CT molecular complexity index is 649. The second-order valence-electron chi connectivity index (χ2n) is 11.4. The molecular formula is C30H50O2Sm. The van der Waals surface area contributed by atoms with Crippen LogP contribution in [0.2, 0.25) is 0 Å². The molecule has 2 saturated heterocycles. The Hall–Kier alpha value is 0.218. The molecule has 0 N–H and O–H groups in total. The van der Waals surface area contributed by atoms with Crippen LogP contribution >= 0.6 is 0 Å². The van der Waals surface area contributed by atoms with Gasteiger partial charge in [-0.05, 0) is 25.7 Å². The summed E-state index contributed by atoms with van der Waals surface area (Å²) in [6.45, 7) is 23.2. The van der Waals surface area contributed by atoms with Crippen molar-refractivity contribution in [2.75, 3.05) is 26.4 Å². The molecule has 0 bridgehead atoms. The average molecular weight is 593 g/mol. The molecule has 4 aliphatic rings. The maximum absolute atomic E-state index is 4.94. The summed E-state index contributed by atoms with van der Waals surface area (Å²) >= 11 is -0.617. The zero-order chi connectivity index (χ0) is 24.5. The van der Waals surface area contributed by atoms with Gasteiger partial charge in [-0.3, -0.25) is 0 Å². The van der Waals surface area contributed by atoms with Crippen LogP contribution in [0, 0.1) is 59.0 Å². The molecule has 0 amide bonds. The molecule has 0 aromatic carbocycles. The van der Waals surface area contributed by atoms with Crippen molar-refractivity contribution in [3.63, 3.8) is 0 Å². The van der Waals surface area contributed by atoms with Crippen LogP contribution in [0.4, 0.5) is 0 Å². The SMILES string of the molecule is C1CCOC1.C1CCOC1.CC(C)C(C)(C)C1=[C]([Sm][C]2=C(C(C)(C)C(C)C)C=CC2)CC=C1. The van der Waals surface area contributed by atoms with Gasteiger partial charge in [-0.15, -0.1) is 0 Å². The fraction of sp³-hybridized carbons (Fsp3) is 0.733. The van der Waals surface area contributed by atoms with Crippen LogP contribution in [0.25, 0.3) is 0 Å². The van der Waals surface area contributed by atoms with E-state index >= 15 is 0 Å². The zero-order valence-corrected chi connectivity index (χ0v) is 25.4. The summed E-state index contributed by atoms with van der Waals surface area (Å²) in [4.78, 5) is 0. The molecule has 4 rings (SSSR count). The first-order chi connectivity index (χ1) is 15.6. The molecule has 0 aromatic heterocycles. The van der Waals surface area contributed by atoms with E-state index in [2.05, 4.69) is 79.7 Å². The van der Waals surface area contributed by atoms with Gasteiger partial charge in [-0.1, -0.05) is 0 Å². The van der Waals surface area contributed by atoms with Gasteiger partial charge in [0.1, 0.15) is 0 Å². The molecule has 33 heavy (non-hydrogen) atoms. The number of rotatable bonds is 6. The first kappa shape index (κ1) is 29.4. The normalized spacial score (nSPS) is 20.7. The molecule has 2 heterocycles. The minimum atomic E-state index is -0.617. The molecule has 3 heteroatoms. The average Bonchev–Trinajstić information content (AvgIpc) is 3.58. The first-order valence-electron chi connectivity index (χ1n) is 13.2. The van der Waals surface area contributed by atoms with Crippen molar-refractivity contribution < 1.29 is 45.8 Å². The van der Waals surface area contributed by atoms with Gasteiger partial charge in [0.2, 0.25) is 0 Å². The molecule has 2 aliphatic heterocycles. The molecule has 2 nitrogen and oxygen atoms in total. The van der Waals surface area contributed by atoms with E-state index in [1.165, 1.54) is 38.5 Å². The number of hydrogen-bond acceptors (Lipinski definition) is 2. The third-order valence-electron chi connectivity index (χ3n) is 7.95. The molecule has 0 unspecified atom stereocenters. The Morgan fingerprint density at radius 1 is 0.636 bits per heavy atom.